The number of fused-ring (bicyclic) bond motifs is 21. The Kier molecular flexibility index (Phi) is 11.3. The van der Waals surface area contributed by atoms with E-state index in [4.69, 9.17) is 4.42 Å². The second-order valence-electron chi connectivity index (χ2n) is 25.2. The SMILES string of the molecule is CC(C)c1ccc(N(C2=CC=CC3c4ccccc4SC23)c2cc3c(c4ccccc24)-c2c(cc(N(c4ccc(C(C)C)cc4)c4cccc5c4sc4ccccc45)c4c5c(oc24)C=CCC5)C32c3ccccc3C(C)(C)c3ccccc32)cc1. The van der Waals surface area contributed by atoms with Crippen LogP contribution in [0.1, 0.15) is 127 Å². The Morgan fingerprint density at radius 1 is 0.541 bits per heavy atom. The van der Waals surface area contributed by atoms with Gasteiger partial charge in [-0.3, -0.25) is 0 Å². The van der Waals surface area contributed by atoms with Gasteiger partial charge in [0.15, 0.2) is 0 Å². The van der Waals surface area contributed by atoms with Gasteiger partial charge in [0.25, 0.3) is 0 Å². The van der Waals surface area contributed by atoms with E-state index >= 15 is 0 Å². The molecule has 0 saturated heterocycles. The molecule has 4 aliphatic carbocycles. The van der Waals surface area contributed by atoms with Gasteiger partial charge in [-0.25, -0.2) is 0 Å². The number of hydrogen-bond donors (Lipinski definition) is 0. The van der Waals surface area contributed by atoms with E-state index in [1.165, 1.54) is 125 Å². The molecule has 85 heavy (non-hydrogen) atoms. The van der Waals surface area contributed by atoms with Crippen LogP contribution in [0, 0.1) is 0 Å². The van der Waals surface area contributed by atoms with Crippen LogP contribution in [-0.4, -0.2) is 5.25 Å². The van der Waals surface area contributed by atoms with E-state index in [9.17, 15) is 0 Å². The van der Waals surface area contributed by atoms with E-state index in [0.717, 1.165) is 41.2 Å². The second kappa shape index (κ2) is 18.9. The molecule has 2 aromatic heterocycles. The van der Waals surface area contributed by atoms with Crippen molar-refractivity contribution in [2.45, 2.75) is 93.1 Å². The number of aryl methyl sites for hydroxylation is 1. The summed E-state index contributed by atoms with van der Waals surface area (Å²) in [6.45, 7) is 14.1. The predicted molar refractivity (Wildman–Crippen MR) is 361 cm³/mol. The fourth-order valence-corrected chi connectivity index (χ4v) is 18.4. The zero-order valence-corrected chi connectivity index (χ0v) is 50.4. The Balaban J connectivity index is 1.03. The summed E-state index contributed by atoms with van der Waals surface area (Å²) in [7, 11) is 0. The number of nitrogens with zero attached hydrogens (tertiary/aromatic N) is 2. The third-order valence-electron chi connectivity index (χ3n) is 19.7. The van der Waals surface area contributed by atoms with Crippen LogP contribution in [0.15, 0.2) is 240 Å². The van der Waals surface area contributed by atoms with Crippen LogP contribution in [-0.2, 0) is 17.3 Å². The first-order chi connectivity index (χ1) is 41.6. The Bertz CT molecular complexity index is 4820. The van der Waals surface area contributed by atoms with Crippen LogP contribution in [0.2, 0.25) is 0 Å². The van der Waals surface area contributed by atoms with Gasteiger partial charge in [-0.2, -0.15) is 0 Å². The van der Waals surface area contributed by atoms with Gasteiger partial charge >= 0.3 is 0 Å². The van der Waals surface area contributed by atoms with Crippen LogP contribution < -0.4 is 9.80 Å². The van der Waals surface area contributed by atoms with Crippen LogP contribution in [0.3, 0.4) is 0 Å². The molecule has 3 heterocycles. The Labute approximate surface area is 506 Å². The highest BCUT2D eigenvalue weighted by atomic mass is 32.2. The fourth-order valence-electron chi connectivity index (χ4n) is 15.7. The summed E-state index contributed by atoms with van der Waals surface area (Å²) in [5.41, 5.74) is 22.5. The number of hydrogen-bond acceptors (Lipinski definition) is 5. The fraction of sp³-hybridized carbons (Fsp3) is 0.175. The maximum atomic E-state index is 7.75. The molecule has 0 saturated carbocycles. The maximum Gasteiger partial charge on any atom is 0.145 e. The first-order valence-corrected chi connectivity index (χ1v) is 32.2. The number of rotatable bonds is 8. The zero-order valence-electron chi connectivity index (χ0n) is 48.8. The monoisotopic (exact) mass is 1130 g/mol. The molecule has 2 atom stereocenters. The van der Waals surface area contributed by atoms with Crippen molar-refractivity contribution in [1.29, 1.82) is 0 Å². The molecule has 1 spiro atoms. The third kappa shape index (κ3) is 7.21. The average molecular weight is 1130 g/mol. The predicted octanol–water partition coefficient (Wildman–Crippen LogP) is 22.5. The molecule has 1 aliphatic heterocycles. The molecule has 10 aromatic carbocycles. The molecule has 2 unspecified atom stereocenters. The highest BCUT2D eigenvalue weighted by molar-refractivity contribution is 8.00. The molecular formula is C80H64N2OS2. The summed E-state index contributed by atoms with van der Waals surface area (Å²) < 4.78 is 10.3. The van der Waals surface area contributed by atoms with E-state index in [1.807, 2.05) is 23.1 Å². The number of anilines is 5. The zero-order chi connectivity index (χ0) is 57.0. The average Bonchev–Trinajstić information content (AvgIpc) is 1.61. The molecule has 0 radical (unpaired) electrons. The van der Waals surface area contributed by atoms with E-state index in [1.54, 1.807) is 0 Å². The lowest BCUT2D eigenvalue weighted by atomic mass is 9.55. The first kappa shape index (κ1) is 50.9. The van der Waals surface area contributed by atoms with Gasteiger partial charge in [0.05, 0.1) is 32.4 Å². The molecule has 0 amide bonds. The van der Waals surface area contributed by atoms with Crippen molar-refractivity contribution < 1.29 is 4.42 Å². The summed E-state index contributed by atoms with van der Waals surface area (Å²) >= 11 is 3.91. The lowest BCUT2D eigenvalue weighted by Gasteiger charge is -2.47. The van der Waals surface area contributed by atoms with Crippen molar-refractivity contribution in [2.24, 2.45) is 0 Å². The minimum absolute atomic E-state index is 0.165. The lowest BCUT2D eigenvalue weighted by Crippen LogP contribution is -2.40. The molecule has 12 aromatic rings. The van der Waals surface area contributed by atoms with Crippen molar-refractivity contribution in [2.75, 3.05) is 9.80 Å². The van der Waals surface area contributed by atoms with Gasteiger partial charge in [-0.1, -0.05) is 205 Å². The van der Waals surface area contributed by atoms with Gasteiger partial charge in [-0.15, -0.1) is 23.1 Å². The molecule has 5 aliphatic rings. The van der Waals surface area contributed by atoms with Crippen molar-refractivity contribution in [3.8, 4) is 11.1 Å². The highest BCUT2D eigenvalue weighted by Gasteiger charge is 2.56. The van der Waals surface area contributed by atoms with E-state index in [-0.39, 0.29) is 16.6 Å². The van der Waals surface area contributed by atoms with Crippen molar-refractivity contribution >= 4 is 99.5 Å². The highest BCUT2D eigenvalue weighted by Crippen LogP contribution is 2.67. The summed E-state index contributed by atoms with van der Waals surface area (Å²) in [5.74, 6) is 1.98. The van der Waals surface area contributed by atoms with Crippen LogP contribution in [0.5, 0.6) is 0 Å². The summed E-state index contributed by atoms with van der Waals surface area (Å²) in [6.07, 6.45) is 13.6. The number of thioether (sulfide) groups is 1. The minimum Gasteiger partial charge on any atom is -0.456 e. The van der Waals surface area contributed by atoms with E-state index in [2.05, 4.69) is 282 Å². The van der Waals surface area contributed by atoms with Crippen LogP contribution in [0.25, 0.3) is 59.1 Å². The van der Waals surface area contributed by atoms with Crippen molar-refractivity contribution in [1.82, 2.24) is 0 Å². The molecule has 0 N–H and O–H groups in total. The molecular weight excluding hydrogens is 1070 g/mol. The Hall–Kier alpha value is -8.61. The van der Waals surface area contributed by atoms with Gasteiger partial charge in [-0.05, 0) is 152 Å². The van der Waals surface area contributed by atoms with Gasteiger partial charge in [0, 0.05) is 70.7 Å². The summed E-state index contributed by atoms with van der Waals surface area (Å²) in [6, 6.07) is 77.4. The Morgan fingerprint density at radius 2 is 1.14 bits per heavy atom. The van der Waals surface area contributed by atoms with E-state index < -0.39 is 5.41 Å². The second-order valence-corrected chi connectivity index (χ2v) is 27.5. The molecule has 0 fully saturated rings. The largest absolute Gasteiger partial charge is 0.456 e. The summed E-state index contributed by atoms with van der Waals surface area (Å²) in [4.78, 5) is 6.63. The number of thiophene rings is 1. The normalized spacial score (nSPS) is 17.3. The molecule has 0 bridgehead atoms. The van der Waals surface area contributed by atoms with Gasteiger partial charge in [0.2, 0.25) is 0 Å². The third-order valence-corrected chi connectivity index (χ3v) is 22.4. The number of furan rings is 1. The molecule has 412 valence electrons. The smallest absolute Gasteiger partial charge is 0.145 e. The quantitative estimate of drug-likeness (QED) is 0.151. The lowest BCUT2D eigenvalue weighted by molar-refractivity contribution is 0.563. The van der Waals surface area contributed by atoms with Crippen molar-refractivity contribution in [3.63, 3.8) is 0 Å². The number of benzene rings is 10. The first-order valence-electron chi connectivity index (χ1n) is 30.5. The Morgan fingerprint density at radius 3 is 1.86 bits per heavy atom. The molecule has 5 heteroatoms. The molecule has 3 nitrogen and oxygen atoms in total. The van der Waals surface area contributed by atoms with Crippen LogP contribution in [0.4, 0.5) is 28.4 Å². The molecule has 17 rings (SSSR count). The summed E-state index contributed by atoms with van der Waals surface area (Å²) in [5, 5.41) is 6.34. The minimum atomic E-state index is -0.802. The van der Waals surface area contributed by atoms with E-state index in [0.29, 0.717) is 11.8 Å². The van der Waals surface area contributed by atoms with Crippen molar-refractivity contribution in [3.05, 3.63) is 292 Å². The van der Waals surface area contributed by atoms with Crippen LogP contribution >= 0.6 is 23.1 Å². The van der Waals surface area contributed by atoms with Gasteiger partial charge < -0.3 is 14.2 Å². The van der Waals surface area contributed by atoms with Gasteiger partial charge in [0.1, 0.15) is 11.3 Å². The maximum absolute atomic E-state index is 7.75. The number of allylic oxidation sites excluding steroid dienone is 4. The standard InChI is InChI=1S/C80H64N2OS2/c1-47(2)49-37-41-51(42-38-49)81(66-32-19-26-57-54-22-10-17-35-71(54)84-77(57)66)68-45-64-73(56-24-8-7-21-53(56)68)75-65(80(64)62-30-14-12-28-60(62)79(5,6)61-29-13-15-31-63(61)80)46-69(74-59-25-9-16-34-70(59)83-76(74)75)82(52-43-39-50(40-44-52)48(3)4)67-33-20-27-58-55-23-11-18-36-72(55)85-78(58)67/h7-8,10-24,26-48,57,77H,9,25H2,1-6H3. The topological polar surface area (TPSA) is 19.6 Å².